The molecule has 1 atom stereocenters. The van der Waals surface area contributed by atoms with Crippen LogP contribution in [0.5, 0.6) is 0 Å². The molecule has 0 unspecified atom stereocenters. The Bertz CT molecular complexity index is 826. The lowest BCUT2D eigenvalue weighted by Gasteiger charge is -2.34. The number of nitrogens with zero attached hydrogens (tertiary/aromatic N) is 3. The molecule has 0 N–H and O–H groups in total. The van der Waals surface area contributed by atoms with Gasteiger partial charge in [0.2, 0.25) is 5.89 Å². The molecular weight excluding hydrogens is 297 g/mol. The molecule has 0 spiro atoms. The van der Waals surface area contributed by atoms with Crippen LogP contribution >= 0.6 is 0 Å². The zero-order chi connectivity index (χ0) is 15.8. The molecule has 5 nitrogen and oxygen atoms in total. The van der Waals surface area contributed by atoms with Crippen molar-refractivity contribution in [2.24, 2.45) is 7.05 Å². The van der Waals surface area contributed by atoms with Gasteiger partial charge in [0.25, 0.3) is 0 Å². The molecule has 6 heteroatoms. The summed E-state index contributed by atoms with van der Waals surface area (Å²) in [4.78, 5) is 6.70. The molecule has 120 valence electrons. The van der Waals surface area contributed by atoms with Gasteiger partial charge in [-0.05, 0) is 24.3 Å². The summed E-state index contributed by atoms with van der Waals surface area (Å²) in [6, 6.07) is 8.71. The standard InChI is InChI=1S/C17H18FN3O2/c1-20-6-2-3-14(20)15-11-22-8-7-21(15)10-17-19-13-9-12(18)4-5-16(13)23-17/h2-6,9,15H,7-8,10-11H2,1H3/t15-/m1/s1. The van der Waals surface area contributed by atoms with Gasteiger partial charge >= 0.3 is 0 Å². The van der Waals surface area contributed by atoms with Gasteiger partial charge in [-0.15, -0.1) is 0 Å². The molecular formula is C17H18FN3O2. The Balaban J connectivity index is 1.60. The van der Waals surface area contributed by atoms with Crippen LogP contribution in [0.25, 0.3) is 11.1 Å². The van der Waals surface area contributed by atoms with Crippen LogP contribution in [-0.4, -0.2) is 34.2 Å². The van der Waals surface area contributed by atoms with Crippen molar-refractivity contribution in [1.82, 2.24) is 14.5 Å². The van der Waals surface area contributed by atoms with Crippen LogP contribution in [0.1, 0.15) is 17.6 Å². The van der Waals surface area contributed by atoms with Gasteiger partial charge in [-0.3, -0.25) is 4.90 Å². The molecule has 2 aromatic heterocycles. The number of morpholine rings is 1. The normalized spacial score (nSPS) is 19.5. The van der Waals surface area contributed by atoms with Crippen LogP contribution in [0.15, 0.2) is 40.9 Å². The van der Waals surface area contributed by atoms with Gasteiger partial charge < -0.3 is 13.7 Å². The fraction of sp³-hybridized carbons (Fsp3) is 0.353. The molecule has 1 saturated heterocycles. The molecule has 0 bridgehead atoms. The van der Waals surface area contributed by atoms with Crippen molar-refractivity contribution in [3.05, 3.63) is 53.9 Å². The smallest absolute Gasteiger partial charge is 0.209 e. The van der Waals surface area contributed by atoms with Crippen LogP contribution < -0.4 is 0 Å². The summed E-state index contributed by atoms with van der Waals surface area (Å²) < 4.78 is 26.8. The number of benzene rings is 1. The highest BCUT2D eigenvalue weighted by atomic mass is 19.1. The van der Waals surface area contributed by atoms with Crippen molar-refractivity contribution in [3.8, 4) is 0 Å². The molecule has 1 aliphatic heterocycles. The Kier molecular flexibility index (Phi) is 3.63. The summed E-state index contributed by atoms with van der Waals surface area (Å²) in [5.41, 5.74) is 2.38. The van der Waals surface area contributed by atoms with E-state index in [1.807, 2.05) is 19.3 Å². The molecule has 3 heterocycles. The van der Waals surface area contributed by atoms with Crippen LogP contribution in [0.4, 0.5) is 4.39 Å². The molecule has 23 heavy (non-hydrogen) atoms. The van der Waals surface area contributed by atoms with Crippen LogP contribution in [-0.2, 0) is 18.3 Å². The maximum Gasteiger partial charge on any atom is 0.209 e. The third kappa shape index (κ3) is 2.75. The molecule has 4 rings (SSSR count). The lowest BCUT2D eigenvalue weighted by molar-refractivity contribution is -0.0184. The van der Waals surface area contributed by atoms with Crippen molar-refractivity contribution < 1.29 is 13.5 Å². The van der Waals surface area contributed by atoms with E-state index in [2.05, 4.69) is 20.5 Å². The minimum Gasteiger partial charge on any atom is -0.439 e. The SMILES string of the molecule is Cn1cccc1[C@H]1COCCN1Cc1nc2cc(F)ccc2o1. The van der Waals surface area contributed by atoms with Gasteiger partial charge in [0.05, 0.1) is 25.8 Å². The molecule has 1 fully saturated rings. The van der Waals surface area contributed by atoms with Gasteiger partial charge in [-0.25, -0.2) is 9.37 Å². The molecule has 3 aromatic rings. The van der Waals surface area contributed by atoms with E-state index < -0.39 is 0 Å². The zero-order valence-electron chi connectivity index (χ0n) is 12.9. The van der Waals surface area contributed by atoms with E-state index in [1.54, 1.807) is 6.07 Å². The fourth-order valence-electron chi connectivity index (χ4n) is 3.11. The van der Waals surface area contributed by atoms with Crippen LogP contribution in [0.3, 0.4) is 0 Å². The number of hydrogen-bond acceptors (Lipinski definition) is 4. The summed E-state index contributed by atoms with van der Waals surface area (Å²) in [7, 11) is 2.03. The third-order valence-corrected chi connectivity index (χ3v) is 4.30. The van der Waals surface area contributed by atoms with Gasteiger partial charge in [0.15, 0.2) is 5.58 Å². The highest BCUT2D eigenvalue weighted by Crippen LogP contribution is 2.27. The first-order valence-corrected chi connectivity index (χ1v) is 7.69. The average Bonchev–Trinajstić information content (AvgIpc) is 3.13. The third-order valence-electron chi connectivity index (χ3n) is 4.30. The number of ether oxygens (including phenoxy) is 1. The predicted molar refractivity (Wildman–Crippen MR) is 83.4 cm³/mol. The number of fused-ring (bicyclic) bond motifs is 1. The molecule has 1 aliphatic rings. The first kappa shape index (κ1) is 14.4. The minimum absolute atomic E-state index is 0.162. The van der Waals surface area contributed by atoms with Gasteiger partial charge in [-0.2, -0.15) is 0 Å². The number of rotatable bonds is 3. The maximum atomic E-state index is 13.3. The van der Waals surface area contributed by atoms with E-state index in [9.17, 15) is 4.39 Å². The minimum atomic E-state index is -0.301. The highest BCUT2D eigenvalue weighted by Gasteiger charge is 2.27. The van der Waals surface area contributed by atoms with Gasteiger partial charge in [0.1, 0.15) is 11.3 Å². The van der Waals surface area contributed by atoms with E-state index in [0.717, 1.165) is 6.54 Å². The highest BCUT2D eigenvalue weighted by molar-refractivity contribution is 5.72. The molecule has 1 aromatic carbocycles. The number of hydrogen-bond donors (Lipinski definition) is 0. The zero-order valence-corrected chi connectivity index (χ0v) is 12.9. The van der Waals surface area contributed by atoms with Gasteiger partial charge in [0, 0.05) is 31.5 Å². The monoisotopic (exact) mass is 315 g/mol. The van der Waals surface area contributed by atoms with Gasteiger partial charge in [-0.1, -0.05) is 0 Å². The largest absolute Gasteiger partial charge is 0.439 e. The molecule has 0 radical (unpaired) electrons. The second-order valence-electron chi connectivity index (χ2n) is 5.82. The van der Waals surface area contributed by atoms with E-state index in [4.69, 9.17) is 9.15 Å². The van der Waals surface area contributed by atoms with E-state index >= 15 is 0 Å². The Labute approximate surface area is 133 Å². The second kappa shape index (κ2) is 5.79. The molecule has 0 amide bonds. The Morgan fingerprint density at radius 1 is 1.35 bits per heavy atom. The van der Waals surface area contributed by atoms with Crippen molar-refractivity contribution in [3.63, 3.8) is 0 Å². The summed E-state index contributed by atoms with van der Waals surface area (Å²) in [6.07, 6.45) is 2.03. The molecule has 0 saturated carbocycles. The summed E-state index contributed by atoms with van der Waals surface area (Å²) >= 11 is 0. The van der Waals surface area contributed by atoms with Crippen molar-refractivity contribution in [1.29, 1.82) is 0 Å². The fourth-order valence-corrected chi connectivity index (χ4v) is 3.11. The first-order valence-electron chi connectivity index (χ1n) is 7.69. The topological polar surface area (TPSA) is 43.4 Å². The Morgan fingerprint density at radius 3 is 3.09 bits per heavy atom. The molecule has 0 aliphatic carbocycles. The van der Waals surface area contributed by atoms with E-state index in [0.29, 0.717) is 36.7 Å². The predicted octanol–water partition coefficient (Wildman–Crippen LogP) is 2.88. The Hall–Kier alpha value is -2.18. The summed E-state index contributed by atoms with van der Waals surface area (Å²) in [5, 5.41) is 0. The Morgan fingerprint density at radius 2 is 2.26 bits per heavy atom. The first-order chi connectivity index (χ1) is 11.2. The van der Waals surface area contributed by atoms with E-state index in [1.165, 1.54) is 17.8 Å². The number of halogens is 1. The van der Waals surface area contributed by atoms with Crippen molar-refractivity contribution >= 4 is 11.1 Å². The maximum absolute atomic E-state index is 13.3. The second-order valence-corrected chi connectivity index (χ2v) is 5.82. The lowest BCUT2D eigenvalue weighted by Crippen LogP contribution is -2.39. The number of aryl methyl sites for hydroxylation is 1. The summed E-state index contributed by atoms with van der Waals surface area (Å²) in [6.45, 7) is 2.72. The van der Waals surface area contributed by atoms with Crippen molar-refractivity contribution in [2.75, 3.05) is 19.8 Å². The number of oxazole rings is 1. The van der Waals surface area contributed by atoms with E-state index in [-0.39, 0.29) is 11.9 Å². The van der Waals surface area contributed by atoms with Crippen LogP contribution in [0, 0.1) is 5.82 Å². The van der Waals surface area contributed by atoms with Crippen LogP contribution in [0.2, 0.25) is 0 Å². The quantitative estimate of drug-likeness (QED) is 0.745. The lowest BCUT2D eigenvalue weighted by atomic mass is 10.1. The number of aromatic nitrogens is 2. The summed E-state index contributed by atoms with van der Waals surface area (Å²) in [5.74, 6) is 0.303. The van der Waals surface area contributed by atoms with Crippen molar-refractivity contribution in [2.45, 2.75) is 12.6 Å². The average molecular weight is 315 g/mol.